The van der Waals surface area contributed by atoms with Crippen LogP contribution in [-0.2, 0) is 9.47 Å². The summed E-state index contributed by atoms with van der Waals surface area (Å²) in [6, 6.07) is 13.9. The zero-order chi connectivity index (χ0) is 19.2. The average molecular weight is 368 g/mol. The van der Waals surface area contributed by atoms with Crippen LogP contribution in [0.5, 0.6) is 5.75 Å². The fraction of sp³-hybridized carbons (Fsp3) is 0.364. The molecule has 2 aromatic carbocycles. The molecule has 0 aliphatic carbocycles. The molecule has 1 aliphatic heterocycles. The summed E-state index contributed by atoms with van der Waals surface area (Å²) in [6.07, 6.45) is 1.37. The van der Waals surface area contributed by atoms with E-state index in [2.05, 4.69) is 0 Å². The van der Waals surface area contributed by atoms with Crippen molar-refractivity contribution < 1.29 is 23.8 Å². The number of ketones is 1. The molecular weight excluding hydrogens is 344 g/mol. The van der Waals surface area contributed by atoms with E-state index >= 15 is 0 Å². The number of esters is 1. The van der Waals surface area contributed by atoms with Crippen molar-refractivity contribution in [2.24, 2.45) is 0 Å². The van der Waals surface area contributed by atoms with Crippen LogP contribution in [0.4, 0.5) is 0 Å². The first-order valence-electron chi connectivity index (χ1n) is 9.19. The van der Waals surface area contributed by atoms with Gasteiger partial charge >= 0.3 is 5.97 Å². The van der Waals surface area contributed by atoms with E-state index in [4.69, 9.17) is 14.2 Å². The van der Waals surface area contributed by atoms with Crippen LogP contribution in [0.1, 0.15) is 46.0 Å². The quantitative estimate of drug-likeness (QED) is 0.546. The molecule has 5 heteroatoms. The maximum atomic E-state index is 12.4. The second-order valence-electron chi connectivity index (χ2n) is 6.75. The summed E-state index contributed by atoms with van der Waals surface area (Å²) in [7, 11) is 0. The van der Waals surface area contributed by atoms with Crippen molar-refractivity contribution in [2.75, 3.05) is 13.2 Å². The van der Waals surface area contributed by atoms with Crippen LogP contribution >= 0.6 is 0 Å². The standard InChI is InChI=1S/C22H24O5/c1-15-5-7-17(8-6-15)21(23)16(2)27-22(24)18-9-11-19(12-10-18)26-14-20-4-3-13-25-20/h5-12,16,20H,3-4,13-14H2,1-2H3. The van der Waals surface area contributed by atoms with Gasteiger partial charge in [-0.2, -0.15) is 0 Å². The maximum Gasteiger partial charge on any atom is 0.338 e. The Labute approximate surface area is 159 Å². The summed E-state index contributed by atoms with van der Waals surface area (Å²) >= 11 is 0. The van der Waals surface area contributed by atoms with E-state index in [1.807, 2.05) is 19.1 Å². The molecule has 1 fully saturated rings. The zero-order valence-corrected chi connectivity index (χ0v) is 15.6. The summed E-state index contributed by atoms with van der Waals surface area (Å²) in [5.74, 6) is -0.0839. The van der Waals surface area contributed by atoms with Gasteiger partial charge < -0.3 is 14.2 Å². The van der Waals surface area contributed by atoms with Crippen molar-refractivity contribution in [1.29, 1.82) is 0 Å². The van der Waals surface area contributed by atoms with Crippen LogP contribution in [0.15, 0.2) is 48.5 Å². The van der Waals surface area contributed by atoms with Crippen molar-refractivity contribution in [3.8, 4) is 5.75 Å². The molecule has 142 valence electrons. The highest BCUT2D eigenvalue weighted by Crippen LogP contribution is 2.18. The second-order valence-corrected chi connectivity index (χ2v) is 6.75. The molecule has 1 aliphatic rings. The Balaban J connectivity index is 1.53. The predicted octanol–water partition coefficient (Wildman–Crippen LogP) is 3.98. The van der Waals surface area contributed by atoms with Crippen LogP contribution in [-0.4, -0.2) is 37.2 Å². The molecule has 1 heterocycles. The molecule has 1 saturated heterocycles. The lowest BCUT2D eigenvalue weighted by Gasteiger charge is -2.13. The number of aryl methyl sites for hydroxylation is 1. The van der Waals surface area contributed by atoms with Gasteiger partial charge in [0.15, 0.2) is 6.10 Å². The van der Waals surface area contributed by atoms with Gasteiger partial charge in [-0.15, -0.1) is 0 Å². The van der Waals surface area contributed by atoms with Gasteiger partial charge in [-0.1, -0.05) is 29.8 Å². The van der Waals surface area contributed by atoms with E-state index in [1.165, 1.54) is 0 Å². The third kappa shape index (κ3) is 5.17. The SMILES string of the molecule is Cc1ccc(C(=O)C(C)OC(=O)c2ccc(OCC3CCCO3)cc2)cc1. The Morgan fingerprint density at radius 3 is 2.37 bits per heavy atom. The lowest BCUT2D eigenvalue weighted by atomic mass is 10.1. The normalized spacial score (nSPS) is 17.3. The molecule has 27 heavy (non-hydrogen) atoms. The van der Waals surface area contributed by atoms with E-state index in [0.29, 0.717) is 23.5 Å². The fourth-order valence-electron chi connectivity index (χ4n) is 2.89. The minimum Gasteiger partial charge on any atom is -0.491 e. The molecule has 0 amide bonds. The lowest BCUT2D eigenvalue weighted by molar-refractivity contribution is 0.0318. The lowest BCUT2D eigenvalue weighted by Crippen LogP contribution is -2.24. The first-order valence-corrected chi connectivity index (χ1v) is 9.19. The van der Waals surface area contributed by atoms with Gasteiger partial charge in [0, 0.05) is 12.2 Å². The first-order chi connectivity index (χ1) is 13.0. The van der Waals surface area contributed by atoms with Gasteiger partial charge in [-0.25, -0.2) is 4.79 Å². The van der Waals surface area contributed by atoms with Gasteiger partial charge in [-0.3, -0.25) is 4.79 Å². The van der Waals surface area contributed by atoms with Crippen molar-refractivity contribution in [1.82, 2.24) is 0 Å². The third-order valence-corrected chi connectivity index (χ3v) is 4.54. The number of Topliss-reactive ketones (excluding diaryl/α,β-unsaturated/α-hetero) is 1. The Hall–Kier alpha value is -2.66. The first kappa shape index (κ1) is 19.1. The third-order valence-electron chi connectivity index (χ3n) is 4.54. The van der Waals surface area contributed by atoms with Crippen LogP contribution in [0.2, 0.25) is 0 Å². The van der Waals surface area contributed by atoms with Gasteiger partial charge in [-0.05, 0) is 51.0 Å². The van der Waals surface area contributed by atoms with Crippen molar-refractivity contribution in [3.63, 3.8) is 0 Å². The Bertz CT molecular complexity index is 773. The predicted molar refractivity (Wildman–Crippen MR) is 101 cm³/mol. The minimum atomic E-state index is -0.851. The van der Waals surface area contributed by atoms with Crippen LogP contribution in [0.25, 0.3) is 0 Å². The summed E-state index contributed by atoms with van der Waals surface area (Å²) in [4.78, 5) is 24.7. The largest absolute Gasteiger partial charge is 0.491 e. The monoisotopic (exact) mass is 368 g/mol. The number of ether oxygens (including phenoxy) is 3. The van der Waals surface area contributed by atoms with Crippen LogP contribution < -0.4 is 4.74 Å². The highest BCUT2D eigenvalue weighted by Gasteiger charge is 2.20. The molecular formula is C22H24O5. The molecule has 3 rings (SSSR count). The van der Waals surface area contributed by atoms with E-state index in [9.17, 15) is 9.59 Å². The molecule has 0 bridgehead atoms. The van der Waals surface area contributed by atoms with E-state index < -0.39 is 12.1 Å². The summed E-state index contributed by atoms with van der Waals surface area (Å²) in [5.41, 5.74) is 1.97. The summed E-state index contributed by atoms with van der Waals surface area (Å²) in [5, 5.41) is 0. The molecule has 0 N–H and O–H groups in total. The van der Waals surface area contributed by atoms with E-state index in [0.717, 1.165) is 25.0 Å². The van der Waals surface area contributed by atoms with Crippen molar-refractivity contribution in [3.05, 3.63) is 65.2 Å². The molecule has 0 aromatic heterocycles. The highest BCUT2D eigenvalue weighted by atomic mass is 16.5. The number of benzene rings is 2. The van der Waals surface area contributed by atoms with E-state index in [-0.39, 0.29) is 11.9 Å². The second kappa shape index (κ2) is 8.82. The summed E-state index contributed by atoms with van der Waals surface area (Å²) in [6.45, 7) is 4.83. The Kier molecular flexibility index (Phi) is 6.24. The molecule has 2 unspecified atom stereocenters. The Morgan fingerprint density at radius 1 is 1.07 bits per heavy atom. The van der Waals surface area contributed by atoms with Crippen molar-refractivity contribution >= 4 is 11.8 Å². The van der Waals surface area contributed by atoms with Gasteiger partial charge in [0.25, 0.3) is 0 Å². The van der Waals surface area contributed by atoms with Gasteiger partial charge in [0.1, 0.15) is 12.4 Å². The minimum absolute atomic E-state index is 0.142. The topological polar surface area (TPSA) is 61.8 Å². The molecule has 2 aromatic rings. The van der Waals surface area contributed by atoms with Crippen LogP contribution in [0.3, 0.4) is 0 Å². The number of rotatable bonds is 7. The fourth-order valence-corrected chi connectivity index (χ4v) is 2.89. The van der Waals surface area contributed by atoms with Gasteiger partial charge in [0.05, 0.1) is 11.7 Å². The Morgan fingerprint density at radius 2 is 1.74 bits per heavy atom. The van der Waals surface area contributed by atoms with Crippen molar-refractivity contribution in [2.45, 2.75) is 38.9 Å². The number of carbonyl (C=O) groups excluding carboxylic acids is 2. The van der Waals surface area contributed by atoms with E-state index in [1.54, 1.807) is 43.3 Å². The zero-order valence-electron chi connectivity index (χ0n) is 15.6. The molecule has 2 atom stereocenters. The number of hydrogen-bond donors (Lipinski definition) is 0. The molecule has 0 radical (unpaired) electrons. The molecule has 0 spiro atoms. The highest BCUT2D eigenvalue weighted by molar-refractivity contribution is 6.01. The van der Waals surface area contributed by atoms with Crippen LogP contribution in [0, 0.1) is 6.92 Å². The molecule has 0 saturated carbocycles. The maximum absolute atomic E-state index is 12.4. The summed E-state index contributed by atoms with van der Waals surface area (Å²) < 4.78 is 16.5. The number of hydrogen-bond acceptors (Lipinski definition) is 5. The average Bonchev–Trinajstić information content (AvgIpc) is 3.20. The number of carbonyl (C=O) groups is 2. The smallest absolute Gasteiger partial charge is 0.338 e. The van der Waals surface area contributed by atoms with Gasteiger partial charge in [0.2, 0.25) is 5.78 Å². The molecule has 5 nitrogen and oxygen atoms in total.